The lowest BCUT2D eigenvalue weighted by Gasteiger charge is -2.06. The molecular formula is C12H12O2. The lowest BCUT2D eigenvalue weighted by atomic mass is 10.1. The molecule has 0 aliphatic heterocycles. The van der Waals surface area contributed by atoms with Gasteiger partial charge < -0.3 is 9.52 Å². The van der Waals surface area contributed by atoms with Crippen molar-refractivity contribution in [1.29, 1.82) is 0 Å². The van der Waals surface area contributed by atoms with Crippen molar-refractivity contribution in [3.8, 4) is 0 Å². The van der Waals surface area contributed by atoms with Gasteiger partial charge in [-0.25, -0.2) is 0 Å². The van der Waals surface area contributed by atoms with Gasteiger partial charge in [0.05, 0.1) is 11.9 Å². The molecule has 0 bridgehead atoms. The predicted octanol–water partition coefficient (Wildman–Crippen LogP) is 2.72. The Morgan fingerprint density at radius 3 is 2.86 bits per heavy atom. The van der Waals surface area contributed by atoms with Crippen LogP contribution >= 0.6 is 0 Å². The van der Waals surface area contributed by atoms with Crippen molar-refractivity contribution in [2.75, 3.05) is 0 Å². The summed E-state index contributed by atoms with van der Waals surface area (Å²) in [5.41, 5.74) is 2.45. The first-order chi connectivity index (χ1) is 6.69. The van der Waals surface area contributed by atoms with E-state index in [-0.39, 0.29) is 0 Å². The van der Waals surface area contributed by atoms with E-state index in [2.05, 4.69) is 0 Å². The molecule has 1 aliphatic carbocycles. The Balaban J connectivity index is 2.21. The molecule has 2 nitrogen and oxygen atoms in total. The fourth-order valence-electron chi connectivity index (χ4n) is 1.86. The molecule has 0 unspecified atom stereocenters. The highest BCUT2D eigenvalue weighted by Gasteiger charge is 2.42. The maximum Gasteiger partial charge on any atom is 0.134 e. The van der Waals surface area contributed by atoms with Crippen molar-refractivity contribution in [3.63, 3.8) is 0 Å². The molecule has 1 fully saturated rings. The summed E-state index contributed by atoms with van der Waals surface area (Å²) in [6, 6.07) is 5.98. The summed E-state index contributed by atoms with van der Waals surface area (Å²) in [6.45, 7) is 2.03. The zero-order chi connectivity index (χ0) is 9.76. The van der Waals surface area contributed by atoms with Crippen LogP contribution in [0.5, 0.6) is 0 Å². The molecule has 72 valence electrons. The van der Waals surface area contributed by atoms with Crippen molar-refractivity contribution in [2.45, 2.75) is 25.4 Å². The molecule has 1 N–H and O–H groups in total. The molecule has 1 saturated carbocycles. The van der Waals surface area contributed by atoms with Crippen molar-refractivity contribution < 1.29 is 9.52 Å². The molecule has 1 aromatic carbocycles. The zero-order valence-electron chi connectivity index (χ0n) is 8.08. The molecule has 0 saturated heterocycles. The topological polar surface area (TPSA) is 33.4 Å². The van der Waals surface area contributed by atoms with Gasteiger partial charge in [-0.15, -0.1) is 0 Å². The lowest BCUT2D eigenvalue weighted by molar-refractivity contribution is 0.151. The van der Waals surface area contributed by atoms with Crippen LogP contribution in [-0.4, -0.2) is 5.11 Å². The van der Waals surface area contributed by atoms with Gasteiger partial charge in [0.1, 0.15) is 5.58 Å². The highest BCUT2D eigenvalue weighted by Crippen LogP contribution is 2.45. The van der Waals surface area contributed by atoms with Crippen LogP contribution in [0.1, 0.15) is 24.0 Å². The third-order valence-electron chi connectivity index (χ3n) is 3.03. The molecule has 14 heavy (non-hydrogen) atoms. The third-order valence-corrected chi connectivity index (χ3v) is 3.03. The highest BCUT2D eigenvalue weighted by atomic mass is 16.3. The Bertz CT molecular complexity index is 492. The number of furan rings is 1. The molecule has 1 aromatic heterocycles. The number of hydrogen-bond acceptors (Lipinski definition) is 2. The molecule has 3 rings (SSSR count). The second-order valence-corrected chi connectivity index (χ2v) is 4.16. The summed E-state index contributed by atoms with van der Waals surface area (Å²) in [4.78, 5) is 0. The highest BCUT2D eigenvalue weighted by molar-refractivity contribution is 5.81. The number of benzene rings is 1. The van der Waals surface area contributed by atoms with Gasteiger partial charge in [-0.3, -0.25) is 0 Å². The van der Waals surface area contributed by atoms with Gasteiger partial charge in [0.15, 0.2) is 0 Å². The Morgan fingerprint density at radius 1 is 1.36 bits per heavy atom. The van der Waals surface area contributed by atoms with E-state index in [1.165, 1.54) is 0 Å². The minimum Gasteiger partial charge on any atom is -0.464 e. The lowest BCUT2D eigenvalue weighted by Crippen LogP contribution is -2.03. The summed E-state index contributed by atoms with van der Waals surface area (Å²) in [7, 11) is 0. The molecule has 0 atom stereocenters. The second kappa shape index (κ2) is 2.39. The Labute approximate surface area is 82.2 Å². The maximum atomic E-state index is 9.92. The van der Waals surface area contributed by atoms with Gasteiger partial charge >= 0.3 is 0 Å². The molecule has 1 heterocycles. The van der Waals surface area contributed by atoms with Crippen molar-refractivity contribution in [2.24, 2.45) is 0 Å². The van der Waals surface area contributed by atoms with Crippen molar-refractivity contribution in [1.82, 2.24) is 0 Å². The Kier molecular flexibility index (Phi) is 1.38. The average Bonchev–Trinajstić information content (AvgIpc) is 2.84. The van der Waals surface area contributed by atoms with E-state index in [4.69, 9.17) is 4.42 Å². The molecule has 0 radical (unpaired) electrons. The first-order valence-corrected chi connectivity index (χ1v) is 4.90. The van der Waals surface area contributed by atoms with Crippen molar-refractivity contribution in [3.05, 3.63) is 35.6 Å². The van der Waals surface area contributed by atoms with Crippen LogP contribution in [-0.2, 0) is 5.60 Å². The van der Waals surface area contributed by atoms with Crippen LogP contribution in [0.4, 0.5) is 0 Å². The quantitative estimate of drug-likeness (QED) is 0.746. The van der Waals surface area contributed by atoms with Gasteiger partial charge in [-0.05, 0) is 37.0 Å². The second-order valence-electron chi connectivity index (χ2n) is 4.16. The normalized spacial score (nSPS) is 18.7. The van der Waals surface area contributed by atoms with Crippen molar-refractivity contribution >= 4 is 11.0 Å². The van der Waals surface area contributed by atoms with E-state index in [0.29, 0.717) is 0 Å². The van der Waals surface area contributed by atoms with E-state index >= 15 is 0 Å². The van der Waals surface area contributed by atoms with Gasteiger partial charge in [-0.2, -0.15) is 0 Å². The first-order valence-electron chi connectivity index (χ1n) is 4.90. The van der Waals surface area contributed by atoms with Crippen LogP contribution < -0.4 is 0 Å². The van der Waals surface area contributed by atoms with E-state index in [0.717, 1.165) is 34.9 Å². The molecule has 1 aliphatic rings. The fraction of sp³-hybridized carbons (Fsp3) is 0.333. The van der Waals surface area contributed by atoms with Crippen LogP contribution in [0.2, 0.25) is 0 Å². The first kappa shape index (κ1) is 8.06. The van der Waals surface area contributed by atoms with Gasteiger partial charge in [-0.1, -0.05) is 12.1 Å². The number of aliphatic hydroxyl groups is 1. The fourth-order valence-corrected chi connectivity index (χ4v) is 1.86. The van der Waals surface area contributed by atoms with Crippen LogP contribution in [0.15, 0.2) is 28.9 Å². The SMILES string of the molecule is Cc1coc2cc(C3(O)CC3)ccc12. The van der Waals surface area contributed by atoms with E-state index in [9.17, 15) is 5.11 Å². The molecular weight excluding hydrogens is 176 g/mol. The van der Waals surface area contributed by atoms with Crippen LogP contribution in [0, 0.1) is 6.92 Å². The monoisotopic (exact) mass is 188 g/mol. The van der Waals surface area contributed by atoms with Gasteiger partial charge in [0.25, 0.3) is 0 Å². The number of hydrogen-bond donors (Lipinski definition) is 1. The largest absolute Gasteiger partial charge is 0.464 e. The Hall–Kier alpha value is -1.28. The predicted molar refractivity (Wildman–Crippen MR) is 54.1 cm³/mol. The smallest absolute Gasteiger partial charge is 0.134 e. The summed E-state index contributed by atoms with van der Waals surface area (Å²) >= 11 is 0. The van der Waals surface area contributed by atoms with Crippen LogP contribution in [0.3, 0.4) is 0 Å². The van der Waals surface area contributed by atoms with Crippen LogP contribution in [0.25, 0.3) is 11.0 Å². The zero-order valence-corrected chi connectivity index (χ0v) is 8.08. The molecule has 2 aromatic rings. The molecule has 2 heteroatoms. The van der Waals surface area contributed by atoms with E-state index in [1.54, 1.807) is 6.26 Å². The third kappa shape index (κ3) is 1.01. The summed E-state index contributed by atoms with van der Waals surface area (Å²) in [5.74, 6) is 0. The number of aryl methyl sites for hydroxylation is 1. The summed E-state index contributed by atoms with van der Waals surface area (Å²) in [6.07, 6.45) is 3.50. The summed E-state index contributed by atoms with van der Waals surface area (Å²) < 4.78 is 5.40. The Morgan fingerprint density at radius 2 is 2.14 bits per heavy atom. The minimum absolute atomic E-state index is 0.561. The average molecular weight is 188 g/mol. The maximum absolute atomic E-state index is 9.92. The summed E-state index contributed by atoms with van der Waals surface area (Å²) in [5, 5.41) is 11.1. The molecule has 0 spiro atoms. The standard InChI is InChI=1S/C12H12O2/c1-8-7-14-11-6-9(2-3-10(8)11)12(13)4-5-12/h2-3,6-7,13H,4-5H2,1H3. The van der Waals surface area contributed by atoms with Gasteiger partial charge in [0.2, 0.25) is 0 Å². The minimum atomic E-state index is -0.561. The van der Waals surface area contributed by atoms with Gasteiger partial charge in [0, 0.05) is 5.39 Å². The van der Waals surface area contributed by atoms with E-state index < -0.39 is 5.60 Å². The number of rotatable bonds is 1. The van der Waals surface area contributed by atoms with E-state index in [1.807, 2.05) is 25.1 Å². The number of fused-ring (bicyclic) bond motifs is 1. The molecule has 0 amide bonds.